The molecule has 4 aliphatic rings. The number of piperidine rings is 1. The van der Waals surface area contributed by atoms with Gasteiger partial charge < -0.3 is 24.5 Å². The number of aryl methyl sites for hydroxylation is 2. The van der Waals surface area contributed by atoms with Gasteiger partial charge in [0.25, 0.3) is 5.91 Å². The number of nitriles is 1. The quantitative estimate of drug-likeness (QED) is 0.316. The molecule has 2 aromatic carbocycles. The van der Waals surface area contributed by atoms with Crippen molar-refractivity contribution >= 4 is 17.5 Å². The minimum absolute atomic E-state index is 0.0113. The summed E-state index contributed by atoms with van der Waals surface area (Å²) in [4.78, 5) is 50.4. The number of aromatic nitrogens is 2. The van der Waals surface area contributed by atoms with Gasteiger partial charge in [-0.05, 0) is 104 Å². The van der Waals surface area contributed by atoms with Crippen molar-refractivity contribution in [3.63, 3.8) is 0 Å². The molecule has 274 valence electrons. The van der Waals surface area contributed by atoms with E-state index >= 15 is 0 Å². The van der Waals surface area contributed by atoms with Crippen LogP contribution in [0.4, 0.5) is 0 Å². The van der Waals surface area contributed by atoms with Crippen molar-refractivity contribution in [1.29, 1.82) is 5.26 Å². The summed E-state index contributed by atoms with van der Waals surface area (Å²) in [6.07, 6.45) is 8.57. The lowest BCUT2D eigenvalue weighted by Gasteiger charge is -2.39. The van der Waals surface area contributed by atoms with Crippen LogP contribution in [0.2, 0.25) is 0 Å². The molecule has 11 heteroatoms. The van der Waals surface area contributed by atoms with Crippen molar-refractivity contribution in [3.8, 4) is 6.07 Å². The number of nitrogens with zero attached hydrogens (tertiary/aromatic N) is 6. The molecule has 2 unspecified atom stereocenters. The maximum atomic E-state index is 13.6. The predicted molar refractivity (Wildman–Crippen MR) is 199 cm³/mol. The number of benzene rings is 2. The van der Waals surface area contributed by atoms with Crippen molar-refractivity contribution in [2.45, 2.75) is 101 Å². The summed E-state index contributed by atoms with van der Waals surface area (Å²) >= 11 is 0. The fraction of sp³-hybridized carbons (Fsp3) is 0.537. The first-order chi connectivity index (χ1) is 24.9. The zero-order valence-electron chi connectivity index (χ0n) is 31.2. The van der Waals surface area contributed by atoms with Crippen LogP contribution in [0.5, 0.6) is 0 Å². The Kier molecular flexibility index (Phi) is 9.63. The summed E-state index contributed by atoms with van der Waals surface area (Å²) in [5.41, 5.74) is 5.65. The van der Waals surface area contributed by atoms with Crippen molar-refractivity contribution < 1.29 is 14.1 Å². The number of rotatable bonds is 10. The van der Waals surface area contributed by atoms with Gasteiger partial charge in [0, 0.05) is 51.5 Å². The summed E-state index contributed by atoms with van der Waals surface area (Å²) in [5, 5.41) is 13.3. The fourth-order valence-electron chi connectivity index (χ4n) is 9.17. The maximum Gasteiger partial charge on any atom is 0.459 e. The highest BCUT2D eigenvalue weighted by Crippen LogP contribution is 2.50. The molecule has 7 rings (SSSR count). The van der Waals surface area contributed by atoms with E-state index in [9.17, 15) is 19.6 Å². The summed E-state index contributed by atoms with van der Waals surface area (Å²) in [6.45, 7) is 6.51. The van der Waals surface area contributed by atoms with E-state index in [2.05, 4.69) is 43.1 Å². The van der Waals surface area contributed by atoms with Crippen molar-refractivity contribution in [2.24, 2.45) is 5.92 Å². The molecule has 0 spiro atoms. The second kappa shape index (κ2) is 14.0. The van der Waals surface area contributed by atoms with Gasteiger partial charge in [0.15, 0.2) is 5.82 Å². The van der Waals surface area contributed by atoms with Gasteiger partial charge >= 0.3 is 5.76 Å². The van der Waals surface area contributed by atoms with Gasteiger partial charge in [-0.2, -0.15) is 15.0 Å². The number of carbonyl (C=O) groups excluding carboxylic acids is 2. The lowest BCUT2D eigenvalue weighted by atomic mass is 9.67. The van der Waals surface area contributed by atoms with E-state index in [1.165, 1.54) is 0 Å². The van der Waals surface area contributed by atoms with Gasteiger partial charge in [-0.1, -0.05) is 44.0 Å². The van der Waals surface area contributed by atoms with Gasteiger partial charge in [0.2, 0.25) is 5.91 Å². The Morgan fingerprint density at radius 2 is 1.67 bits per heavy atom. The Balaban J connectivity index is 1.39. The Morgan fingerprint density at radius 3 is 2.31 bits per heavy atom. The molecule has 11 nitrogen and oxygen atoms in total. The summed E-state index contributed by atoms with van der Waals surface area (Å²) in [6, 6.07) is 14.3. The lowest BCUT2D eigenvalue weighted by molar-refractivity contribution is -0.131. The molecule has 52 heavy (non-hydrogen) atoms. The zero-order chi connectivity index (χ0) is 36.9. The highest BCUT2D eigenvalue weighted by atomic mass is 16.5. The molecular weight excluding hydrogens is 654 g/mol. The van der Waals surface area contributed by atoms with Crippen LogP contribution in [-0.2, 0) is 23.1 Å². The van der Waals surface area contributed by atoms with Crippen LogP contribution < -0.4 is 11.1 Å². The van der Waals surface area contributed by atoms with Crippen molar-refractivity contribution in [1.82, 2.24) is 29.7 Å². The van der Waals surface area contributed by atoms with Crippen LogP contribution in [0.3, 0.4) is 0 Å². The monoisotopic (exact) mass is 705 g/mol. The molecule has 0 bridgehead atoms. The minimum Gasteiger partial charge on any atom is -0.378 e. The first kappa shape index (κ1) is 35.7. The summed E-state index contributed by atoms with van der Waals surface area (Å²) in [7, 11) is 7.47. The number of hydrogen-bond acceptors (Lipinski definition) is 8. The Hall–Kier alpha value is -4.69. The normalized spacial score (nSPS) is 24.2. The molecule has 2 heterocycles. The van der Waals surface area contributed by atoms with E-state index in [1.807, 2.05) is 37.2 Å². The molecule has 1 aliphatic heterocycles. The highest BCUT2D eigenvalue weighted by Gasteiger charge is 2.54. The largest absolute Gasteiger partial charge is 0.459 e. The smallest absolute Gasteiger partial charge is 0.378 e. The SMILES string of the molecule is C=C(c1ccc2c(c1)CCc1cc(C(=O)N(C)C)ccc1C2(C[C@@H](C)NCC(=O)N1C(C#N)C[C@@H]2C[C@@H]21)c1nc(=O)on1C1CCCCC1)N(C)C. The van der Waals surface area contributed by atoms with Gasteiger partial charge in [-0.25, -0.2) is 4.79 Å². The van der Waals surface area contributed by atoms with Crippen LogP contribution in [-0.4, -0.2) is 89.1 Å². The third kappa shape index (κ3) is 6.36. The number of nitrogens with one attached hydrogen (secondary N) is 1. The molecule has 1 aromatic heterocycles. The summed E-state index contributed by atoms with van der Waals surface area (Å²) < 4.78 is 7.84. The molecule has 3 fully saturated rings. The predicted octanol–water partition coefficient (Wildman–Crippen LogP) is 4.89. The summed E-state index contributed by atoms with van der Waals surface area (Å²) in [5.74, 6) is 0.234. The van der Waals surface area contributed by atoms with Crippen LogP contribution >= 0.6 is 0 Å². The third-order valence-corrected chi connectivity index (χ3v) is 11.9. The molecule has 2 saturated carbocycles. The molecule has 5 atom stereocenters. The molecule has 3 aliphatic carbocycles. The van der Waals surface area contributed by atoms with Crippen LogP contribution in [0.1, 0.15) is 108 Å². The van der Waals surface area contributed by atoms with E-state index in [0.717, 1.165) is 78.5 Å². The molecule has 0 radical (unpaired) electrons. The maximum absolute atomic E-state index is 13.6. The zero-order valence-corrected chi connectivity index (χ0v) is 31.2. The van der Waals surface area contributed by atoms with E-state index in [0.29, 0.717) is 36.6 Å². The van der Waals surface area contributed by atoms with Crippen LogP contribution in [0, 0.1) is 17.2 Å². The van der Waals surface area contributed by atoms with Gasteiger partial charge in [-0.3, -0.25) is 9.59 Å². The Labute approximate surface area is 306 Å². The fourth-order valence-corrected chi connectivity index (χ4v) is 9.17. The number of fused-ring (bicyclic) bond motifs is 3. The topological polar surface area (TPSA) is 128 Å². The van der Waals surface area contributed by atoms with Crippen molar-refractivity contribution in [2.75, 3.05) is 34.7 Å². The third-order valence-electron chi connectivity index (χ3n) is 11.9. The second-order valence-electron chi connectivity index (χ2n) is 15.8. The van der Waals surface area contributed by atoms with E-state index in [4.69, 9.17) is 9.51 Å². The average molecular weight is 706 g/mol. The standard InChI is InChI=1S/C41H51N7O4/c1-25(43-24-37(49)47-33(23-42)20-31-21-36(31)47)22-41(39-44-40(51)52-48(39)32-10-8-7-9-11-32)34-16-14-27(26(2)45(3)4)18-28(34)12-13-29-19-30(15-17-35(29)41)38(50)46(5)6/h14-19,25,31-33,36,43H,2,7-13,20-22,24H2,1,3-6H3/t25-,31-,33?,36+,41?/m1/s1. The van der Waals surface area contributed by atoms with Crippen LogP contribution in [0.25, 0.3) is 5.70 Å². The first-order valence-electron chi connectivity index (χ1n) is 18.8. The highest BCUT2D eigenvalue weighted by molar-refractivity contribution is 5.94. The van der Waals surface area contributed by atoms with E-state index in [-0.39, 0.29) is 42.5 Å². The Morgan fingerprint density at radius 1 is 1.02 bits per heavy atom. The van der Waals surface area contributed by atoms with Gasteiger partial charge in [0.05, 0.1) is 24.1 Å². The molecule has 1 N–H and O–H groups in total. The molecular formula is C41H51N7O4. The lowest BCUT2D eigenvalue weighted by Crippen LogP contribution is -2.47. The second-order valence-corrected chi connectivity index (χ2v) is 15.8. The van der Waals surface area contributed by atoms with Crippen LogP contribution in [0.15, 0.2) is 52.3 Å². The van der Waals surface area contributed by atoms with Crippen molar-refractivity contribution in [3.05, 3.63) is 92.7 Å². The van der Waals surface area contributed by atoms with E-state index < -0.39 is 11.2 Å². The molecule has 3 aromatic rings. The Bertz CT molecular complexity index is 1910. The molecule has 1 saturated heterocycles. The number of hydrogen-bond donors (Lipinski definition) is 1. The van der Waals surface area contributed by atoms with E-state index in [1.54, 1.807) is 28.6 Å². The first-order valence-corrected chi connectivity index (χ1v) is 18.8. The van der Waals surface area contributed by atoms with Gasteiger partial charge in [-0.15, -0.1) is 0 Å². The number of amides is 2. The minimum atomic E-state index is -0.970. The number of carbonyl (C=O) groups is 2. The average Bonchev–Trinajstić information content (AvgIpc) is 3.67. The van der Waals surface area contributed by atoms with Gasteiger partial charge in [0.1, 0.15) is 6.04 Å². The molecule has 2 amide bonds. The number of likely N-dealkylation sites (tertiary alicyclic amines) is 1.